The summed E-state index contributed by atoms with van der Waals surface area (Å²) < 4.78 is 47.1. The number of amides is 1. The van der Waals surface area contributed by atoms with Gasteiger partial charge in [0, 0.05) is 17.2 Å². The van der Waals surface area contributed by atoms with E-state index in [1.807, 2.05) is 6.92 Å². The summed E-state index contributed by atoms with van der Waals surface area (Å²) >= 11 is 0. The van der Waals surface area contributed by atoms with Gasteiger partial charge in [0.1, 0.15) is 0 Å². The summed E-state index contributed by atoms with van der Waals surface area (Å²) in [6, 6.07) is 8.80. The molecule has 3 atom stereocenters. The number of ether oxygens (including phenoxy) is 1. The van der Waals surface area contributed by atoms with E-state index < -0.39 is 18.0 Å². The van der Waals surface area contributed by atoms with Gasteiger partial charge in [-0.15, -0.1) is 0 Å². The predicted molar refractivity (Wildman–Crippen MR) is 115 cm³/mol. The second-order valence-corrected chi connectivity index (χ2v) is 9.68. The molecule has 3 aliphatic rings. The summed E-state index contributed by atoms with van der Waals surface area (Å²) in [7, 11) is 0. The number of anilines is 1. The molecule has 7 heteroatoms. The molecule has 170 valence electrons. The molecule has 2 aromatic rings. The van der Waals surface area contributed by atoms with Crippen LogP contribution >= 0.6 is 0 Å². The molecule has 1 aromatic heterocycles. The van der Waals surface area contributed by atoms with Crippen LogP contribution in [-0.4, -0.2) is 29.3 Å². The minimum atomic E-state index is -4.25. The van der Waals surface area contributed by atoms with E-state index in [0.29, 0.717) is 49.2 Å². The number of nitrogens with one attached hydrogen (secondary N) is 1. The first-order valence-electron chi connectivity index (χ1n) is 11.3. The van der Waals surface area contributed by atoms with Crippen molar-refractivity contribution in [2.24, 2.45) is 5.92 Å². The fourth-order valence-electron chi connectivity index (χ4n) is 5.96. The van der Waals surface area contributed by atoms with Crippen molar-refractivity contribution in [1.82, 2.24) is 4.98 Å². The average molecular weight is 444 g/mol. The van der Waals surface area contributed by atoms with Crippen molar-refractivity contribution >= 4 is 11.6 Å². The number of hydrogen-bond donors (Lipinski definition) is 1. The Balaban J connectivity index is 1.50. The van der Waals surface area contributed by atoms with E-state index in [-0.39, 0.29) is 17.4 Å². The number of fused-ring (bicyclic) bond motifs is 3. The molecule has 1 saturated carbocycles. The van der Waals surface area contributed by atoms with Crippen LogP contribution < -0.4 is 5.32 Å². The minimum absolute atomic E-state index is 0.0562. The average Bonchev–Trinajstić information content (AvgIpc) is 3.51. The van der Waals surface area contributed by atoms with E-state index in [2.05, 4.69) is 10.3 Å². The molecular formula is C25H27F3N2O2. The Morgan fingerprint density at radius 1 is 1.28 bits per heavy atom. The SMILES string of the molecule is Cc1ncccc1NC(=O)c1ccc2c(c1)CCC[C@H]1C[C@]3(CC[C@@]21CC(F)(F)F)CO3. The number of alkyl halides is 3. The lowest BCUT2D eigenvalue weighted by atomic mass is 9.57. The van der Waals surface area contributed by atoms with Crippen LogP contribution in [-0.2, 0) is 16.6 Å². The van der Waals surface area contributed by atoms with Crippen molar-refractivity contribution in [2.45, 2.75) is 69.1 Å². The van der Waals surface area contributed by atoms with Gasteiger partial charge in [0.25, 0.3) is 5.91 Å². The first-order valence-corrected chi connectivity index (χ1v) is 11.3. The lowest BCUT2D eigenvalue weighted by Gasteiger charge is -2.47. The molecule has 2 aliphatic carbocycles. The molecule has 0 unspecified atom stereocenters. The zero-order valence-electron chi connectivity index (χ0n) is 18.1. The molecule has 2 fully saturated rings. The summed E-state index contributed by atoms with van der Waals surface area (Å²) in [5, 5.41) is 2.87. The third kappa shape index (κ3) is 3.91. The highest BCUT2D eigenvalue weighted by atomic mass is 19.4. The highest BCUT2D eigenvalue weighted by molar-refractivity contribution is 6.04. The Hall–Kier alpha value is -2.41. The van der Waals surface area contributed by atoms with E-state index in [9.17, 15) is 18.0 Å². The summed E-state index contributed by atoms with van der Waals surface area (Å²) in [6.07, 6.45) is 0.706. The van der Waals surface area contributed by atoms with Gasteiger partial charge in [-0.1, -0.05) is 6.07 Å². The number of carbonyl (C=O) groups excluding carboxylic acids is 1. The second kappa shape index (κ2) is 7.58. The number of rotatable bonds is 3. The molecule has 1 aromatic carbocycles. The lowest BCUT2D eigenvalue weighted by Crippen LogP contribution is -2.46. The van der Waals surface area contributed by atoms with Crippen molar-refractivity contribution in [2.75, 3.05) is 11.9 Å². The Kier molecular flexibility index (Phi) is 5.08. The third-order valence-electron chi connectivity index (χ3n) is 7.65. The molecule has 0 bridgehead atoms. The van der Waals surface area contributed by atoms with Crippen molar-refractivity contribution in [3.63, 3.8) is 0 Å². The van der Waals surface area contributed by atoms with E-state index in [1.54, 1.807) is 36.5 Å². The van der Waals surface area contributed by atoms with Gasteiger partial charge in [-0.3, -0.25) is 9.78 Å². The van der Waals surface area contributed by atoms with Crippen LogP contribution in [0.3, 0.4) is 0 Å². The number of carbonyl (C=O) groups is 1. The van der Waals surface area contributed by atoms with Crippen molar-refractivity contribution in [3.8, 4) is 0 Å². The van der Waals surface area contributed by atoms with Gasteiger partial charge < -0.3 is 10.1 Å². The molecule has 0 radical (unpaired) electrons. The summed E-state index contributed by atoms with van der Waals surface area (Å²) in [5.74, 6) is -0.331. The van der Waals surface area contributed by atoms with Gasteiger partial charge in [-0.2, -0.15) is 13.2 Å². The molecule has 1 aliphatic heterocycles. The highest BCUT2D eigenvalue weighted by Gasteiger charge is 2.59. The third-order valence-corrected chi connectivity index (χ3v) is 7.65. The molecule has 1 spiro atoms. The fourth-order valence-corrected chi connectivity index (χ4v) is 5.96. The standard InChI is InChI=1S/C25H27F3N2O2/c1-16-21(6-3-11-29-16)30-22(31)18-7-8-20-17(12-18)4-2-5-19-13-23(15-32-23)9-10-24(19,20)14-25(26,27)28/h3,6-8,11-12,19H,2,4-5,9-10,13-15H2,1H3,(H,30,31)/t19-,23+,24-/m0/s1. The fraction of sp³-hybridized carbons (Fsp3) is 0.520. The van der Waals surface area contributed by atoms with Crippen LogP contribution in [0.2, 0.25) is 0 Å². The normalized spacial score (nSPS) is 29.1. The number of nitrogens with zero attached hydrogens (tertiary/aromatic N) is 1. The maximum atomic E-state index is 13.8. The number of halogens is 3. The van der Waals surface area contributed by atoms with E-state index in [0.717, 1.165) is 24.0 Å². The topological polar surface area (TPSA) is 54.5 Å². The Morgan fingerprint density at radius 3 is 2.81 bits per heavy atom. The molecule has 1 N–H and O–H groups in total. The number of epoxide rings is 1. The minimum Gasteiger partial charge on any atom is -0.370 e. The van der Waals surface area contributed by atoms with Crippen LogP contribution in [0.5, 0.6) is 0 Å². The maximum absolute atomic E-state index is 13.8. The summed E-state index contributed by atoms with van der Waals surface area (Å²) in [5.41, 5.74) is 2.33. The number of hydrogen-bond acceptors (Lipinski definition) is 3. The zero-order valence-corrected chi connectivity index (χ0v) is 18.1. The largest absolute Gasteiger partial charge is 0.389 e. The number of benzene rings is 1. The summed E-state index contributed by atoms with van der Waals surface area (Å²) in [6.45, 7) is 2.48. The van der Waals surface area contributed by atoms with Crippen LogP contribution in [0.1, 0.15) is 65.7 Å². The smallest absolute Gasteiger partial charge is 0.370 e. The van der Waals surface area contributed by atoms with Crippen LogP contribution in [0, 0.1) is 12.8 Å². The molecular weight excluding hydrogens is 417 g/mol. The Labute approximate surface area is 185 Å². The van der Waals surface area contributed by atoms with Gasteiger partial charge in [0.05, 0.1) is 30.0 Å². The molecule has 5 rings (SSSR count). The van der Waals surface area contributed by atoms with Crippen LogP contribution in [0.4, 0.5) is 18.9 Å². The van der Waals surface area contributed by atoms with Crippen LogP contribution in [0.25, 0.3) is 0 Å². The monoisotopic (exact) mass is 444 g/mol. The molecule has 4 nitrogen and oxygen atoms in total. The number of pyridine rings is 1. The van der Waals surface area contributed by atoms with Gasteiger partial charge >= 0.3 is 6.18 Å². The van der Waals surface area contributed by atoms with Crippen molar-refractivity contribution in [3.05, 3.63) is 58.9 Å². The van der Waals surface area contributed by atoms with Crippen molar-refractivity contribution < 1.29 is 22.7 Å². The van der Waals surface area contributed by atoms with Crippen LogP contribution in [0.15, 0.2) is 36.5 Å². The maximum Gasteiger partial charge on any atom is 0.389 e. The van der Waals surface area contributed by atoms with Gasteiger partial charge in [-0.25, -0.2) is 0 Å². The number of aryl methyl sites for hydroxylation is 2. The molecule has 1 amide bonds. The van der Waals surface area contributed by atoms with Gasteiger partial charge in [0.15, 0.2) is 0 Å². The summed E-state index contributed by atoms with van der Waals surface area (Å²) in [4.78, 5) is 17.1. The highest BCUT2D eigenvalue weighted by Crippen LogP contribution is 2.59. The Bertz CT molecular complexity index is 1050. The van der Waals surface area contributed by atoms with Gasteiger partial charge in [0.2, 0.25) is 0 Å². The first kappa shape index (κ1) is 21.4. The van der Waals surface area contributed by atoms with Crippen molar-refractivity contribution in [1.29, 1.82) is 0 Å². The van der Waals surface area contributed by atoms with E-state index >= 15 is 0 Å². The molecule has 32 heavy (non-hydrogen) atoms. The molecule has 1 saturated heterocycles. The van der Waals surface area contributed by atoms with Gasteiger partial charge in [-0.05, 0) is 86.8 Å². The van der Waals surface area contributed by atoms with E-state index in [4.69, 9.17) is 4.74 Å². The number of aromatic nitrogens is 1. The Morgan fingerprint density at radius 2 is 2.09 bits per heavy atom. The quantitative estimate of drug-likeness (QED) is 0.615. The predicted octanol–water partition coefficient (Wildman–Crippen LogP) is 5.74. The lowest BCUT2D eigenvalue weighted by molar-refractivity contribution is -0.158. The molecule has 2 heterocycles. The zero-order chi connectivity index (χ0) is 22.6. The first-order chi connectivity index (χ1) is 15.2. The van der Waals surface area contributed by atoms with E-state index in [1.165, 1.54) is 0 Å². The second-order valence-electron chi connectivity index (χ2n) is 9.68.